The van der Waals surface area contributed by atoms with Crippen molar-refractivity contribution in [1.82, 2.24) is 9.80 Å². The molecule has 1 aliphatic heterocycles. The molecule has 1 aromatic rings. The first kappa shape index (κ1) is 11.9. The van der Waals surface area contributed by atoms with Crippen molar-refractivity contribution in [2.75, 3.05) is 32.7 Å². The number of hydrogen-bond acceptors (Lipinski definition) is 3. The first-order chi connectivity index (χ1) is 8.12. The van der Waals surface area contributed by atoms with Gasteiger partial charge < -0.3 is 15.5 Å². The Balaban J connectivity index is 2.31. The van der Waals surface area contributed by atoms with E-state index in [1.54, 1.807) is 12.1 Å². The third-order valence-electron chi connectivity index (χ3n) is 3.27. The molecule has 1 saturated heterocycles. The van der Waals surface area contributed by atoms with Crippen LogP contribution in [0.3, 0.4) is 0 Å². The van der Waals surface area contributed by atoms with Crippen LogP contribution in [0, 0.1) is 0 Å². The van der Waals surface area contributed by atoms with Crippen LogP contribution in [-0.4, -0.2) is 48.9 Å². The number of nitrogens with one attached hydrogen (secondary N) is 1. The van der Waals surface area contributed by atoms with Gasteiger partial charge in [-0.05, 0) is 12.1 Å². The van der Waals surface area contributed by atoms with Crippen molar-refractivity contribution in [3.8, 4) is 5.75 Å². The summed E-state index contributed by atoms with van der Waals surface area (Å²) in [6.45, 7) is 3.24. The molecule has 0 unspecified atom stereocenters. The van der Waals surface area contributed by atoms with Crippen LogP contribution < -0.4 is 9.80 Å². The van der Waals surface area contributed by atoms with E-state index < -0.39 is 5.97 Å². The average Bonchev–Trinajstić information content (AvgIpc) is 2.30. The van der Waals surface area contributed by atoms with Gasteiger partial charge in [-0.25, -0.2) is 4.79 Å². The molecule has 0 aromatic heterocycles. The average molecular weight is 237 g/mol. The van der Waals surface area contributed by atoms with Gasteiger partial charge in [-0.2, -0.15) is 0 Å². The molecule has 17 heavy (non-hydrogen) atoms. The first-order valence-corrected chi connectivity index (χ1v) is 5.71. The Bertz CT molecular complexity index is 397. The molecular formula is C12H17N2O3+. The fourth-order valence-electron chi connectivity index (χ4n) is 2.36. The molecule has 1 aliphatic rings. The van der Waals surface area contributed by atoms with Gasteiger partial charge in [0.2, 0.25) is 0 Å². The van der Waals surface area contributed by atoms with E-state index in [-0.39, 0.29) is 12.3 Å². The highest BCUT2D eigenvalue weighted by Gasteiger charge is 2.34. The lowest BCUT2D eigenvalue weighted by Crippen LogP contribution is -2.61. The maximum atomic E-state index is 11.0. The van der Waals surface area contributed by atoms with Gasteiger partial charge in [0.15, 0.2) is 6.54 Å². The Morgan fingerprint density at radius 1 is 1.24 bits per heavy atom. The molecule has 1 heterocycles. The molecule has 0 saturated carbocycles. The van der Waals surface area contributed by atoms with Crippen molar-refractivity contribution >= 4 is 11.7 Å². The number of phenolic OH excluding ortho intramolecular Hbond substituents is 1. The number of carboxylic acids is 1. The number of aliphatic carboxylic acids is 1. The standard InChI is InChI=1S/C12H16N2O3/c15-11-3-1-10(2-4-11)14(9-12(16)17)7-5-13-6-8-14/h1-4,13H,5-9H2,(H-,15,16,17)/p+1. The van der Waals surface area contributed by atoms with E-state index in [2.05, 4.69) is 5.32 Å². The fraction of sp³-hybridized carbons (Fsp3) is 0.417. The number of carbonyl (C=O) groups is 1. The smallest absolute Gasteiger partial charge is 0.359 e. The summed E-state index contributed by atoms with van der Waals surface area (Å²) in [7, 11) is 0. The summed E-state index contributed by atoms with van der Waals surface area (Å²) in [4.78, 5) is 11.0. The number of nitrogens with zero attached hydrogens (tertiary/aromatic N) is 1. The number of aromatic hydroxyl groups is 1. The number of carboxylic acid groups (broad SMARTS) is 1. The molecule has 92 valence electrons. The van der Waals surface area contributed by atoms with Gasteiger partial charge in [-0.15, -0.1) is 0 Å². The van der Waals surface area contributed by atoms with Crippen molar-refractivity contribution in [2.45, 2.75) is 0 Å². The number of quaternary nitrogens is 1. The summed E-state index contributed by atoms with van der Waals surface area (Å²) in [5.41, 5.74) is 0.951. The normalized spacial score (nSPS) is 18.8. The van der Waals surface area contributed by atoms with Crippen molar-refractivity contribution in [3.63, 3.8) is 0 Å². The molecule has 0 spiro atoms. The Kier molecular flexibility index (Phi) is 3.31. The summed E-state index contributed by atoms with van der Waals surface area (Å²) >= 11 is 0. The van der Waals surface area contributed by atoms with E-state index in [4.69, 9.17) is 5.11 Å². The monoisotopic (exact) mass is 237 g/mol. The van der Waals surface area contributed by atoms with Crippen LogP contribution in [0.1, 0.15) is 0 Å². The molecule has 0 bridgehead atoms. The third-order valence-corrected chi connectivity index (χ3v) is 3.27. The summed E-state index contributed by atoms with van der Waals surface area (Å²) in [5.74, 6) is -0.586. The molecule has 5 nitrogen and oxygen atoms in total. The van der Waals surface area contributed by atoms with Gasteiger partial charge in [0.25, 0.3) is 0 Å². The van der Waals surface area contributed by atoms with Gasteiger partial charge in [0.1, 0.15) is 11.4 Å². The van der Waals surface area contributed by atoms with Gasteiger partial charge >= 0.3 is 5.97 Å². The molecule has 5 heteroatoms. The topological polar surface area (TPSA) is 69.6 Å². The molecule has 3 N–H and O–H groups in total. The van der Waals surface area contributed by atoms with Crippen molar-refractivity contribution < 1.29 is 15.0 Å². The van der Waals surface area contributed by atoms with E-state index in [1.807, 2.05) is 12.1 Å². The Labute approximate surface area is 99.9 Å². The van der Waals surface area contributed by atoms with Crippen LogP contribution in [0.25, 0.3) is 0 Å². The van der Waals surface area contributed by atoms with E-state index in [9.17, 15) is 9.90 Å². The first-order valence-electron chi connectivity index (χ1n) is 5.71. The highest BCUT2D eigenvalue weighted by atomic mass is 16.4. The van der Waals surface area contributed by atoms with Crippen molar-refractivity contribution in [1.29, 1.82) is 0 Å². The Morgan fingerprint density at radius 3 is 2.35 bits per heavy atom. The second-order valence-electron chi connectivity index (χ2n) is 4.41. The van der Waals surface area contributed by atoms with Crippen LogP contribution in [-0.2, 0) is 4.79 Å². The second-order valence-corrected chi connectivity index (χ2v) is 4.41. The Hall–Kier alpha value is -1.59. The number of benzene rings is 1. The summed E-state index contributed by atoms with van der Waals surface area (Å²) in [5, 5.41) is 21.6. The molecule has 1 fully saturated rings. The SMILES string of the molecule is O=C(O)C[N+]1(c2ccc(O)cc2)CCNCC1. The quantitative estimate of drug-likeness (QED) is 0.665. The second kappa shape index (κ2) is 4.73. The minimum atomic E-state index is -0.792. The van der Waals surface area contributed by atoms with Crippen LogP contribution in [0.5, 0.6) is 5.75 Å². The van der Waals surface area contributed by atoms with Gasteiger partial charge in [0, 0.05) is 25.2 Å². The Morgan fingerprint density at radius 2 is 1.82 bits per heavy atom. The van der Waals surface area contributed by atoms with Crippen LogP contribution in [0.15, 0.2) is 24.3 Å². The van der Waals surface area contributed by atoms with Crippen molar-refractivity contribution in [2.24, 2.45) is 0 Å². The maximum Gasteiger partial charge on any atom is 0.359 e. The van der Waals surface area contributed by atoms with Gasteiger partial charge in [-0.1, -0.05) is 0 Å². The zero-order valence-corrected chi connectivity index (χ0v) is 9.59. The zero-order valence-electron chi connectivity index (χ0n) is 9.59. The molecule has 0 radical (unpaired) electrons. The highest BCUT2D eigenvalue weighted by Crippen LogP contribution is 2.25. The van der Waals surface area contributed by atoms with Crippen LogP contribution >= 0.6 is 0 Å². The molecule has 0 atom stereocenters. The largest absolute Gasteiger partial charge is 0.508 e. The maximum absolute atomic E-state index is 11.0. The van der Waals surface area contributed by atoms with E-state index in [0.717, 1.165) is 31.9 Å². The van der Waals surface area contributed by atoms with Crippen molar-refractivity contribution in [3.05, 3.63) is 24.3 Å². The van der Waals surface area contributed by atoms with Gasteiger partial charge in [0.05, 0.1) is 13.1 Å². The van der Waals surface area contributed by atoms with E-state index in [0.29, 0.717) is 4.48 Å². The van der Waals surface area contributed by atoms with E-state index >= 15 is 0 Å². The molecule has 2 rings (SSSR count). The predicted octanol–water partition coefficient (Wildman–Crippen LogP) is 0.387. The lowest BCUT2D eigenvalue weighted by atomic mass is 10.1. The third kappa shape index (κ3) is 2.57. The molecule has 1 aromatic carbocycles. The lowest BCUT2D eigenvalue weighted by molar-refractivity contribution is -0.138. The summed E-state index contributed by atoms with van der Waals surface area (Å²) in [6.07, 6.45) is 0. The van der Waals surface area contributed by atoms with Crippen LogP contribution in [0.4, 0.5) is 5.69 Å². The summed E-state index contributed by atoms with van der Waals surface area (Å²) in [6, 6.07) is 6.84. The minimum Gasteiger partial charge on any atom is -0.508 e. The van der Waals surface area contributed by atoms with E-state index in [1.165, 1.54) is 0 Å². The number of hydrogen-bond donors (Lipinski definition) is 3. The summed E-state index contributed by atoms with van der Waals surface area (Å²) < 4.78 is 0.447. The fourth-order valence-corrected chi connectivity index (χ4v) is 2.36. The minimum absolute atomic E-state index is 0.0897. The number of phenols is 1. The lowest BCUT2D eigenvalue weighted by Gasteiger charge is -2.39. The number of piperazine rings is 1. The van der Waals surface area contributed by atoms with Gasteiger partial charge in [-0.3, -0.25) is 4.48 Å². The number of rotatable bonds is 3. The highest BCUT2D eigenvalue weighted by molar-refractivity contribution is 5.72. The predicted molar refractivity (Wildman–Crippen MR) is 65.0 cm³/mol. The molecule has 0 amide bonds. The zero-order chi connectivity index (χ0) is 12.3. The molecular weight excluding hydrogens is 220 g/mol. The van der Waals surface area contributed by atoms with Crippen LogP contribution in [0.2, 0.25) is 0 Å². The molecule has 0 aliphatic carbocycles.